The highest BCUT2D eigenvalue weighted by molar-refractivity contribution is 5.10. The molecule has 2 fully saturated rings. The van der Waals surface area contributed by atoms with Crippen LogP contribution in [0.25, 0.3) is 0 Å². The van der Waals surface area contributed by atoms with E-state index < -0.39 is 48.0 Å². The molecule has 8 atom stereocenters. The van der Waals surface area contributed by atoms with Crippen molar-refractivity contribution in [3.8, 4) is 0 Å². The summed E-state index contributed by atoms with van der Waals surface area (Å²) in [7, 11) is 0. The highest BCUT2D eigenvalue weighted by Gasteiger charge is 2.47. The minimum absolute atomic E-state index is 0.0467. The summed E-state index contributed by atoms with van der Waals surface area (Å²) >= 11 is 0. The van der Waals surface area contributed by atoms with Crippen molar-refractivity contribution >= 4 is 0 Å². The molecule has 162 valence electrons. The lowest BCUT2D eigenvalue weighted by Gasteiger charge is -2.47. The van der Waals surface area contributed by atoms with E-state index in [1.807, 2.05) is 13.0 Å². The molecule has 0 aromatic rings. The van der Waals surface area contributed by atoms with Gasteiger partial charge in [0.25, 0.3) is 0 Å². The maximum Gasteiger partial charge on any atom is 0.187 e. The van der Waals surface area contributed by atoms with Crippen molar-refractivity contribution in [1.82, 2.24) is 0 Å². The van der Waals surface area contributed by atoms with E-state index >= 15 is 0 Å². The minimum atomic E-state index is -1.40. The van der Waals surface area contributed by atoms with E-state index in [9.17, 15) is 25.5 Å². The molecule has 0 aromatic carbocycles. The van der Waals surface area contributed by atoms with Crippen molar-refractivity contribution < 1.29 is 35.0 Å². The van der Waals surface area contributed by atoms with Crippen LogP contribution in [0, 0.1) is 5.92 Å². The van der Waals surface area contributed by atoms with Gasteiger partial charge < -0.3 is 35.0 Å². The number of ether oxygens (including phenoxy) is 2. The zero-order chi connectivity index (χ0) is 21.3. The largest absolute Gasteiger partial charge is 0.389 e. The van der Waals surface area contributed by atoms with Crippen LogP contribution in [0.2, 0.25) is 0 Å². The van der Waals surface area contributed by atoms with Crippen molar-refractivity contribution in [1.29, 1.82) is 0 Å². The van der Waals surface area contributed by atoms with Crippen LogP contribution in [-0.2, 0) is 9.47 Å². The van der Waals surface area contributed by atoms with Crippen LogP contribution in [0.4, 0.5) is 0 Å². The lowest BCUT2D eigenvalue weighted by molar-refractivity contribution is -0.325. The third-order valence-electron chi connectivity index (χ3n) is 5.90. The van der Waals surface area contributed by atoms with E-state index in [1.54, 1.807) is 26.8 Å². The van der Waals surface area contributed by atoms with E-state index in [0.717, 1.165) is 12.0 Å². The Morgan fingerprint density at radius 1 is 1.14 bits per heavy atom. The first-order valence-corrected chi connectivity index (χ1v) is 9.97. The quantitative estimate of drug-likeness (QED) is 0.422. The number of hydrogen-bond acceptors (Lipinski definition) is 7. The number of aliphatic hydroxyl groups excluding tert-OH is 4. The first-order valence-electron chi connectivity index (χ1n) is 9.97. The molecule has 7 heteroatoms. The molecule has 1 heterocycles. The van der Waals surface area contributed by atoms with E-state index in [2.05, 4.69) is 6.58 Å². The van der Waals surface area contributed by atoms with Gasteiger partial charge in [0.05, 0.1) is 23.4 Å². The SMILES string of the molecule is C=C1CCC(C(C)(CC=CC(C)(C)O)OC2OC(C)C(O)C(O)C2O)CC1O. The fraction of sp³-hybridized carbons (Fsp3) is 0.810. The van der Waals surface area contributed by atoms with Crippen molar-refractivity contribution in [3.05, 3.63) is 24.3 Å². The van der Waals surface area contributed by atoms with Gasteiger partial charge in [-0.1, -0.05) is 18.7 Å². The summed E-state index contributed by atoms with van der Waals surface area (Å²) in [5.41, 5.74) is -1.000. The second-order valence-corrected chi connectivity index (χ2v) is 9.02. The molecule has 1 saturated heterocycles. The molecule has 0 radical (unpaired) electrons. The monoisotopic (exact) mass is 400 g/mol. The van der Waals surface area contributed by atoms with Crippen LogP contribution >= 0.6 is 0 Å². The van der Waals surface area contributed by atoms with Gasteiger partial charge in [-0.05, 0) is 64.9 Å². The maximum atomic E-state index is 10.4. The molecule has 1 saturated carbocycles. The first kappa shape index (κ1) is 23.5. The standard InChI is InChI=1S/C21H36O7/c1-12-7-8-14(11-15(12)22)21(5,10-6-9-20(3,4)26)28-19-18(25)17(24)16(23)13(2)27-19/h6,9,13-19,22-26H,1,7-8,10-11H2,2-5H3. The van der Waals surface area contributed by atoms with Crippen LogP contribution in [0.1, 0.15) is 53.4 Å². The van der Waals surface area contributed by atoms with Gasteiger partial charge in [0.15, 0.2) is 6.29 Å². The van der Waals surface area contributed by atoms with Crippen LogP contribution < -0.4 is 0 Å². The first-order chi connectivity index (χ1) is 12.8. The molecule has 1 aliphatic carbocycles. The zero-order valence-electron chi connectivity index (χ0n) is 17.3. The summed E-state index contributed by atoms with van der Waals surface area (Å²) in [4.78, 5) is 0. The van der Waals surface area contributed by atoms with Gasteiger partial charge in [0, 0.05) is 0 Å². The fourth-order valence-corrected chi connectivity index (χ4v) is 3.90. The summed E-state index contributed by atoms with van der Waals surface area (Å²) in [6.45, 7) is 10.7. The van der Waals surface area contributed by atoms with Gasteiger partial charge in [0.2, 0.25) is 0 Å². The molecular formula is C21H36O7. The summed E-state index contributed by atoms with van der Waals surface area (Å²) in [6.07, 6.45) is -0.597. The Kier molecular flexibility index (Phi) is 7.48. The Morgan fingerprint density at radius 3 is 2.36 bits per heavy atom. The molecule has 2 aliphatic rings. The van der Waals surface area contributed by atoms with Crippen molar-refractivity contribution in [2.75, 3.05) is 0 Å². The Morgan fingerprint density at radius 2 is 1.79 bits per heavy atom. The Hall–Kier alpha value is -0.800. The lowest BCUT2D eigenvalue weighted by atomic mass is 9.73. The molecule has 0 bridgehead atoms. The van der Waals surface area contributed by atoms with Crippen LogP contribution in [0.15, 0.2) is 24.3 Å². The van der Waals surface area contributed by atoms with Crippen LogP contribution in [0.3, 0.4) is 0 Å². The van der Waals surface area contributed by atoms with Crippen molar-refractivity contribution in [2.45, 2.75) is 101 Å². The molecule has 2 rings (SSSR count). The van der Waals surface area contributed by atoms with Gasteiger partial charge in [0.1, 0.15) is 18.3 Å². The van der Waals surface area contributed by atoms with E-state index in [1.165, 1.54) is 0 Å². The Labute approximate surface area is 167 Å². The molecule has 28 heavy (non-hydrogen) atoms. The molecule has 0 aromatic heterocycles. The van der Waals surface area contributed by atoms with Gasteiger partial charge in [-0.15, -0.1) is 0 Å². The smallest absolute Gasteiger partial charge is 0.187 e. The molecule has 5 N–H and O–H groups in total. The summed E-state index contributed by atoms with van der Waals surface area (Å²) in [5, 5.41) is 50.6. The predicted octanol–water partition coefficient (Wildman–Crippen LogP) is 1.02. The third kappa shape index (κ3) is 5.63. The van der Waals surface area contributed by atoms with Gasteiger partial charge in [-0.2, -0.15) is 0 Å². The van der Waals surface area contributed by atoms with Gasteiger partial charge in [-0.25, -0.2) is 0 Å². The summed E-state index contributed by atoms with van der Waals surface area (Å²) in [5.74, 6) is -0.0467. The average molecular weight is 401 g/mol. The van der Waals surface area contributed by atoms with Gasteiger partial charge >= 0.3 is 0 Å². The fourth-order valence-electron chi connectivity index (χ4n) is 3.90. The molecule has 0 spiro atoms. The topological polar surface area (TPSA) is 120 Å². The second kappa shape index (κ2) is 8.92. The van der Waals surface area contributed by atoms with Crippen LogP contribution in [0.5, 0.6) is 0 Å². The highest BCUT2D eigenvalue weighted by atomic mass is 16.7. The molecule has 7 nitrogen and oxygen atoms in total. The van der Waals surface area contributed by atoms with Gasteiger partial charge in [-0.3, -0.25) is 0 Å². The van der Waals surface area contributed by atoms with E-state index in [-0.39, 0.29) is 5.92 Å². The molecule has 0 amide bonds. The normalized spacial score (nSPS) is 39.9. The number of aliphatic hydroxyl groups is 5. The molecule has 8 unspecified atom stereocenters. The van der Waals surface area contributed by atoms with E-state index in [0.29, 0.717) is 19.3 Å². The number of rotatable bonds is 6. The number of hydrogen-bond donors (Lipinski definition) is 5. The average Bonchev–Trinajstić information content (AvgIpc) is 2.59. The second-order valence-electron chi connectivity index (χ2n) is 9.02. The summed E-state index contributed by atoms with van der Waals surface area (Å²) in [6, 6.07) is 0. The van der Waals surface area contributed by atoms with Crippen molar-refractivity contribution in [3.63, 3.8) is 0 Å². The van der Waals surface area contributed by atoms with E-state index in [4.69, 9.17) is 9.47 Å². The zero-order valence-corrected chi connectivity index (χ0v) is 17.3. The predicted molar refractivity (Wildman–Crippen MR) is 104 cm³/mol. The minimum Gasteiger partial charge on any atom is -0.389 e. The lowest BCUT2D eigenvalue weighted by Crippen LogP contribution is -2.59. The molecular weight excluding hydrogens is 364 g/mol. The third-order valence-corrected chi connectivity index (χ3v) is 5.90. The maximum absolute atomic E-state index is 10.4. The Bertz CT molecular complexity index is 570. The molecule has 1 aliphatic heterocycles. The van der Waals surface area contributed by atoms with Crippen LogP contribution in [-0.4, -0.2) is 73.5 Å². The Balaban J connectivity index is 2.22. The summed E-state index contributed by atoms with van der Waals surface area (Å²) < 4.78 is 11.8. The van der Waals surface area contributed by atoms with Crippen molar-refractivity contribution in [2.24, 2.45) is 5.92 Å². The highest BCUT2D eigenvalue weighted by Crippen LogP contribution is 2.41.